The Morgan fingerprint density at radius 2 is 2.53 bits per heavy atom. The van der Waals surface area contributed by atoms with Gasteiger partial charge in [-0.3, -0.25) is 9.88 Å². The molecule has 2 heterocycles. The van der Waals surface area contributed by atoms with Crippen LogP contribution in [0.2, 0.25) is 0 Å². The summed E-state index contributed by atoms with van der Waals surface area (Å²) >= 11 is 7.53. The molecule has 0 bridgehead atoms. The van der Waals surface area contributed by atoms with Crippen molar-refractivity contribution in [3.63, 3.8) is 0 Å². The van der Waals surface area contributed by atoms with E-state index in [1.807, 2.05) is 11.7 Å². The molecule has 0 aliphatic carbocycles. The number of aromatic nitrogens is 1. The van der Waals surface area contributed by atoms with Gasteiger partial charge in [0.05, 0.1) is 17.7 Å². The standard InChI is InChI=1S/C10H15ClN2OS/c1-8-4-13(5-9(2-11)14-8)6-10-3-12-7-15-10/h3,7-9H,2,4-6H2,1H3. The first-order valence-corrected chi connectivity index (χ1v) is 6.50. The van der Waals surface area contributed by atoms with Gasteiger partial charge >= 0.3 is 0 Å². The summed E-state index contributed by atoms with van der Waals surface area (Å²) in [5.74, 6) is 0.573. The van der Waals surface area contributed by atoms with E-state index in [0.717, 1.165) is 19.6 Å². The van der Waals surface area contributed by atoms with Crippen molar-refractivity contribution in [3.8, 4) is 0 Å². The van der Waals surface area contributed by atoms with E-state index in [2.05, 4.69) is 16.8 Å². The molecule has 1 aromatic rings. The quantitative estimate of drug-likeness (QED) is 0.763. The van der Waals surface area contributed by atoms with Gasteiger partial charge in [0.1, 0.15) is 0 Å². The van der Waals surface area contributed by atoms with Crippen LogP contribution in [0, 0.1) is 0 Å². The molecule has 2 rings (SSSR count). The van der Waals surface area contributed by atoms with Gasteiger partial charge < -0.3 is 4.74 Å². The highest BCUT2D eigenvalue weighted by Gasteiger charge is 2.24. The van der Waals surface area contributed by atoms with Gasteiger partial charge in [-0.1, -0.05) is 0 Å². The maximum Gasteiger partial charge on any atom is 0.0841 e. The molecule has 84 valence electrons. The fourth-order valence-electron chi connectivity index (χ4n) is 1.90. The second kappa shape index (κ2) is 5.25. The van der Waals surface area contributed by atoms with Gasteiger partial charge in [0.15, 0.2) is 0 Å². The molecule has 0 aromatic carbocycles. The number of rotatable bonds is 3. The van der Waals surface area contributed by atoms with E-state index in [0.29, 0.717) is 5.88 Å². The van der Waals surface area contributed by atoms with E-state index < -0.39 is 0 Å². The lowest BCUT2D eigenvalue weighted by Crippen LogP contribution is -2.46. The van der Waals surface area contributed by atoms with Crippen LogP contribution >= 0.6 is 22.9 Å². The van der Waals surface area contributed by atoms with Crippen molar-refractivity contribution in [1.29, 1.82) is 0 Å². The molecule has 5 heteroatoms. The molecule has 0 saturated carbocycles. The Hall–Kier alpha value is -0.160. The van der Waals surface area contributed by atoms with Gasteiger partial charge in [-0.2, -0.15) is 0 Å². The van der Waals surface area contributed by atoms with Gasteiger partial charge in [-0.25, -0.2) is 0 Å². The van der Waals surface area contributed by atoms with Crippen molar-refractivity contribution in [2.45, 2.75) is 25.7 Å². The third-order valence-corrected chi connectivity index (χ3v) is 3.55. The average Bonchev–Trinajstić information content (AvgIpc) is 2.69. The summed E-state index contributed by atoms with van der Waals surface area (Å²) in [6, 6.07) is 0. The minimum Gasteiger partial charge on any atom is -0.371 e. The van der Waals surface area contributed by atoms with Gasteiger partial charge in [-0.15, -0.1) is 22.9 Å². The van der Waals surface area contributed by atoms with Crippen molar-refractivity contribution < 1.29 is 4.74 Å². The molecular formula is C10H15ClN2OS. The van der Waals surface area contributed by atoms with E-state index in [-0.39, 0.29) is 12.2 Å². The predicted octanol–water partition coefficient (Wildman–Crippen LogP) is 1.97. The Kier molecular flexibility index (Phi) is 3.97. The topological polar surface area (TPSA) is 25.4 Å². The maximum absolute atomic E-state index is 5.83. The molecule has 0 amide bonds. The summed E-state index contributed by atoms with van der Waals surface area (Å²) in [6.45, 7) is 4.96. The Morgan fingerprint density at radius 3 is 3.20 bits per heavy atom. The van der Waals surface area contributed by atoms with Gasteiger partial charge in [0.2, 0.25) is 0 Å². The fraction of sp³-hybridized carbons (Fsp3) is 0.700. The average molecular weight is 247 g/mol. The second-order valence-electron chi connectivity index (χ2n) is 3.88. The Bertz CT molecular complexity index is 294. The van der Waals surface area contributed by atoms with Crippen LogP contribution in [0.4, 0.5) is 0 Å². The van der Waals surface area contributed by atoms with Crippen LogP contribution in [0.15, 0.2) is 11.7 Å². The molecule has 1 aliphatic heterocycles. The highest BCUT2D eigenvalue weighted by molar-refractivity contribution is 7.09. The molecule has 1 saturated heterocycles. The molecule has 1 aromatic heterocycles. The predicted molar refractivity (Wildman–Crippen MR) is 62.4 cm³/mol. The van der Waals surface area contributed by atoms with Crippen molar-refractivity contribution in [3.05, 3.63) is 16.6 Å². The third kappa shape index (κ3) is 3.14. The van der Waals surface area contributed by atoms with E-state index in [4.69, 9.17) is 16.3 Å². The molecule has 0 radical (unpaired) electrons. The summed E-state index contributed by atoms with van der Waals surface area (Å²) in [6.07, 6.45) is 2.37. The number of halogens is 1. The molecule has 2 unspecified atom stereocenters. The summed E-state index contributed by atoms with van der Waals surface area (Å²) in [5.41, 5.74) is 1.87. The van der Waals surface area contributed by atoms with E-state index >= 15 is 0 Å². The summed E-state index contributed by atoms with van der Waals surface area (Å²) in [4.78, 5) is 7.77. The SMILES string of the molecule is CC1CN(Cc2cncs2)CC(CCl)O1. The number of hydrogen-bond donors (Lipinski definition) is 0. The lowest BCUT2D eigenvalue weighted by molar-refractivity contribution is -0.0686. The van der Waals surface area contributed by atoms with Crippen LogP contribution < -0.4 is 0 Å². The van der Waals surface area contributed by atoms with Crippen LogP contribution in [0.1, 0.15) is 11.8 Å². The Morgan fingerprint density at radius 1 is 1.67 bits per heavy atom. The summed E-state index contributed by atoms with van der Waals surface area (Å²) in [5, 5.41) is 0. The van der Waals surface area contributed by atoms with Gasteiger partial charge in [-0.05, 0) is 6.92 Å². The van der Waals surface area contributed by atoms with E-state index in [1.165, 1.54) is 4.88 Å². The largest absolute Gasteiger partial charge is 0.371 e. The smallest absolute Gasteiger partial charge is 0.0841 e. The zero-order valence-corrected chi connectivity index (χ0v) is 10.3. The molecule has 3 nitrogen and oxygen atoms in total. The first-order chi connectivity index (χ1) is 7.28. The molecule has 2 atom stereocenters. The zero-order valence-electron chi connectivity index (χ0n) is 8.73. The van der Waals surface area contributed by atoms with Crippen molar-refractivity contribution in [2.75, 3.05) is 19.0 Å². The minimum absolute atomic E-state index is 0.170. The molecule has 0 N–H and O–H groups in total. The highest BCUT2D eigenvalue weighted by atomic mass is 35.5. The number of alkyl halides is 1. The lowest BCUT2D eigenvalue weighted by atomic mass is 10.2. The number of nitrogens with zero attached hydrogens (tertiary/aromatic N) is 2. The van der Waals surface area contributed by atoms with Crippen LogP contribution in [0.3, 0.4) is 0 Å². The summed E-state index contributed by atoms with van der Waals surface area (Å²) < 4.78 is 5.70. The molecule has 1 aliphatic rings. The monoisotopic (exact) mass is 246 g/mol. The molecular weight excluding hydrogens is 232 g/mol. The minimum atomic E-state index is 0.170. The number of thiazole rings is 1. The zero-order chi connectivity index (χ0) is 10.7. The van der Waals surface area contributed by atoms with Crippen LogP contribution in [0.5, 0.6) is 0 Å². The first kappa shape index (κ1) is 11.3. The van der Waals surface area contributed by atoms with Crippen molar-refractivity contribution >= 4 is 22.9 Å². The van der Waals surface area contributed by atoms with Crippen LogP contribution in [-0.4, -0.2) is 41.1 Å². The molecule has 1 fully saturated rings. The summed E-state index contributed by atoms with van der Waals surface area (Å²) in [7, 11) is 0. The van der Waals surface area contributed by atoms with Gasteiger partial charge in [0, 0.05) is 36.6 Å². The maximum atomic E-state index is 5.83. The highest BCUT2D eigenvalue weighted by Crippen LogP contribution is 2.16. The molecule has 0 spiro atoms. The number of morpholine rings is 1. The molecule has 15 heavy (non-hydrogen) atoms. The fourth-order valence-corrected chi connectivity index (χ4v) is 2.70. The van der Waals surface area contributed by atoms with Crippen molar-refractivity contribution in [2.24, 2.45) is 0 Å². The normalized spacial score (nSPS) is 28.1. The first-order valence-electron chi connectivity index (χ1n) is 5.09. The van der Waals surface area contributed by atoms with Crippen LogP contribution in [-0.2, 0) is 11.3 Å². The Balaban J connectivity index is 1.91. The van der Waals surface area contributed by atoms with Gasteiger partial charge in [0.25, 0.3) is 0 Å². The number of ether oxygens (including phenoxy) is 1. The van der Waals surface area contributed by atoms with E-state index in [9.17, 15) is 0 Å². The second-order valence-corrected chi connectivity index (χ2v) is 5.16. The lowest BCUT2D eigenvalue weighted by Gasteiger charge is -2.35. The third-order valence-electron chi connectivity index (χ3n) is 2.44. The van der Waals surface area contributed by atoms with Crippen molar-refractivity contribution in [1.82, 2.24) is 9.88 Å². The van der Waals surface area contributed by atoms with Crippen LogP contribution in [0.25, 0.3) is 0 Å². The van der Waals surface area contributed by atoms with E-state index in [1.54, 1.807) is 11.3 Å². The Labute approximate surface area is 99.0 Å². The number of hydrogen-bond acceptors (Lipinski definition) is 4.